The number of nitrogens with one attached hydrogen (secondary N) is 1. The monoisotopic (exact) mass is 292 g/mol. The van der Waals surface area contributed by atoms with Crippen LogP contribution in [0.5, 0.6) is 0 Å². The van der Waals surface area contributed by atoms with Gasteiger partial charge in [0.05, 0.1) is 12.4 Å². The largest absolute Gasteiger partial charge is 0.383 e. The first-order valence-electron chi connectivity index (χ1n) is 6.67. The minimum absolute atomic E-state index is 0.00176. The molecule has 1 atom stereocenters. The lowest BCUT2D eigenvalue weighted by atomic mass is 9.97. The smallest absolute Gasteiger partial charge is 0.223 e. The van der Waals surface area contributed by atoms with Crippen molar-refractivity contribution in [1.82, 2.24) is 9.62 Å². The van der Waals surface area contributed by atoms with Crippen LogP contribution in [0.1, 0.15) is 26.7 Å². The predicted molar refractivity (Wildman–Crippen MR) is 73.2 cm³/mol. The van der Waals surface area contributed by atoms with Crippen LogP contribution in [0.15, 0.2) is 0 Å². The molecule has 1 saturated heterocycles. The van der Waals surface area contributed by atoms with Gasteiger partial charge in [-0.05, 0) is 26.7 Å². The minimum Gasteiger partial charge on any atom is -0.383 e. The third-order valence-corrected chi connectivity index (χ3v) is 5.27. The molecule has 1 aliphatic heterocycles. The number of hydrogen-bond donors (Lipinski definition) is 1. The van der Waals surface area contributed by atoms with Crippen LogP contribution in [0.25, 0.3) is 0 Å². The zero-order valence-electron chi connectivity index (χ0n) is 11.9. The van der Waals surface area contributed by atoms with Crippen LogP contribution in [-0.2, 0) is 19.6 Å². The van der Waals surface area contributed by atoms with Crippen LogP contribution in [0.3, 0.4) is 0 Å². The molecular formula is C12H24N2O4S. The molecular weight excluding hydrogens is 268 g/mol. The molecule has 7 heteroatoms. The van der Waals surface area contributed by atoms with Crippen molar-refractivity contribution in [2.75, 3.05) is 32.6 Å². The third kappa shape index (κ3) is 4.74. The molecule has 0 aromatic carbocycles. The van der Waals surface area contributed by atoms with Crippen LogP contribution in [-0.4, -0.2) is 57.2 Å². The van der Waals surface area contributed by atoms with Crippen LogP contribution in [0, 0.1) is 5.92 Å². The van der Waals surface area contributed by atoms with Gasteiger partial charge in [-0.1, -0.05) is 0 Å². The molecule has 1 fully saturated rings. The van der Waals surface area contributed by atoms with E-state index in [1.807, 2.05) is 6.92 Å². The van der Waals surface area contributed by atoms with E-state index in [9.17, 15) is 13.2 Å². The zero-order valence-corrected chi connectivity index (χ0v) is 12.7. The Morgan fingerprint density at radius 3 is 2.47 bits per heavy atom. The van der Waals surface area contributed by atoms with E-state index < -0.39 is 10.0 Å². The van der Waals surface area contributed by atoms with E-state index in [1.54, 1.807) is 14.0 Å². The van der Waals surface area contributed by atoms with E-state index in [1.165, 1.54) is 4.31 Å². The topological polar surface area (TPSA) is 75.7 Å². The molecule has 0 spiro atoms. The molecule has 0 unspecified atom stereocenters. The molecule has 1 rings (SSSR count). The van der Waals surface area contributed by atoms with Gasteiger partial charge < -0.3 is 10.1 Å². The fourth-order valence-electron chi connectivity index (χ4n) is 2.23. The summed E-state index contributed by atoms with van der Waals surface area (Å²) in [7, 11) is -1.53. The number of nitrogens with zero attached hydrogens (tertiary/aromatic N) is 1. The highest BCUT2D eigenvalue weighted by Crippen LogP contribution is 2.20. The Morgan fingerprint density at radius 2 is 2.00 bits per heavy atom. The minimum atomic E-state index is -3.12. The van der Waals surface area contributed by atoms with Crippen molar-refractivity contribution in [3.63, 3.8) is 0 Å². The Kier molecular flexibility index (Phi) is 6.22. The summed E-state index contributed by atoms with van der Waals surface area (Å²) < 4.78 is 29.9. The SMILES string of the molecule is CCS(=O)(=O)N1CCC(C(=O)N[C@@H](C)COC)CC1. The van der Waals surface area contributed by atoms with Crippen LogP contribution < -0.4 is 5.32 Å². The maximum absolute atomic E-state index is 12.0. The predicted octanol–water partition coefficient (Wildman–Crippen LogP) is 0.199. The van der Waals surface area contributed by atoms with Gasteiger partial charge in [-0.3, -0.25) is 4.79 Å². The number of piperidine rings is 1. The molecule has 1 N–H and O–H groups in total. The van der Waals surface area contributed by atoms with Gasteiger partial charge in [-0.25, -0.2) is 12.7 Å². The Morgan fingerprint density at radius 1 is 1.42 bits per heavy atom. The number of hydrogen-bond acceptors (Lipinski definition) is 4. The van der Waals surface area contributed by atoms with Crippen molar-refractivity contribution in [1.29, 1.82) is 0 Å². The highest BCUT2D eigenvalue weighted by atomic mass is 32.2. The van der Waals surface area contributed by atoms with Gasteiger partial charge >= 0.3 is 0 Å². The number of rotatable bonds is 6. The van der Waals surface area contributed by atoms with E-state index in [4.69, 9.17) is 4.74 Å². The molecule has 1 amide bonds. The molecule has 0 bridgehead atoms. The maximum atomic E-state index is 12.0. The number of methoxy groups -OCH3 is 1. The third-order valence-electron chi connectivity index (χ3n) is 3.39. The highest BCUT2D eigenvalue weighted by Gasteiger charge is 2.30. The van der Waals surface area contributed by atoms with E-state index in [-0.39, 0.29) is 23.6 Å². The van der Waals surface area contributed by atoms with E-state index in [2.05, 4.69) is 5.32 Å². The fraction of sp³-hybridized carbons (Fsp3) is 0.917. The molecule has 0 aromatic rings. The molecule has 0 saturated carbocycles. The van der Waals surface area contributed by atoms with E-state index in [0.717, 1.165) is 0 Å². The summed E-state index contributed by atoms with van der Waals surface area (Å²) in [6, 6.07) is -0.0186. The van der Waals surface area contributed by atoms with Gasteiger partial charge in [0, 0.05) is 32.2 Å². The van der Waals surface area contributed by atoms with Gasteiger partial charge in [0.1, 0.15) is 0 Å². The Labute approximate surface area is 115 Å². The summed E-state index contributed by atoms with van der Waals surface area (Å²) in [6.07, 6.45) is 1.18. The van der Waals surface area contributed by atoms with Crippen molar-refractivity contribution in [2.45, 2.75) is 32.7 Å². The summed E-state index contributed by atoms with van der Waals surface area (Å²) >= 11 is 0. The number of amides is 1. The first-order chi connectivity index (χ1) is 8.90. The van der Waals surface area contributed by atoms with Gasteiger partial charge in [0.2, 0.25) is 15.9 Å². The molecule has 1 heterocycles. The molecule has 0 radical (unpaired) electrons. The van der Waals surface area contributed by atoms with Gasteiger partial charge in [0.15, 0.2) is 0 Å². The molecule has 112 valence electrons. The second-order valence-corrected chi connectivity index (χ2v) is 7.20. The molecule has 0 aromatic heterocycles. The standard InChI is InChI=1S/C12H24N2O4S/c1-4-19(16,17)14-7-5-11(6-8-14)12(15)13-10(2)9-18-3/h10-11H,4-9H2,1-3H3,(H,13,15)/t10-/m0/s1. The lowest BCUT2D eigenvalue weighted by molar-refractivity contribution is -0.127. The van der Waals surface area contributed by atoms with Crippen molar-refractivity contribution < 1.29 is 17.9 Å². The Bertz CT molecular complexity index is 389. The van der Waals surface area contributed by atoms with Crippen LogP contribution in [0.4, 0.5) is 0 Å². The summed E-state index contributed by atoms with van der Waals surface area (Å²) in [6.45, 7) is 4.88. The average molecular weight is 292 g/mol. The number of carbonyl (C=O) groups is 1. The van der Waals surface area contributed by atoms with E-state index >= 15 is 0 Å². The summed E-state index contributed by atoms with van der Waals surface area (Å²) in [5, 5.41) is 2.89. The van der Waals surface area contributed by atoms with Gasteiger partial charge in [-0.2, -0.15) is 0 Å². The quantitative estimate of drug-likeness (QED) is 0.759. The molecule has 1 aliphatic rings. The second-order valence-electron chi connectivity index (χ2n) is 4.94. The van der Waals surface area contributed by atoms with Crippen molar-refractivity contribution in [3.05, 3.63) is 0 Å². The lowest BCUT2D eigenvalue weighted by Gasteiger charge is -2.30. The molecule has 19 heavy (non-hydrogen) atoms. The first kappa shape index (κ1) is 16.4. The summed E-state index contributed by atoms with van der Waals surface area (Å²) in [5.74, 6) is 0.0232. The van der Waals surface area contributed by atoms with Crippen LogP contribution in [0.2, 0.25) is 0 Å². The number of ether oxygens (including phenoxy) is 1. The summed E-state index contributed by atoms with van der Waals surface area (Å²) in [5.41, 5.74) is 0. The van der Waals surface area contributed by atoms with Crippen molar-refractivity contribution in [2.24, 2.45) is 5.92 Å². The lowest BCUT2D eigenvalue weighted by Crippen LogP contribution is -2.45. The zero-order chi connectivity index (χ0) is 14.5. The van der Waals surface area contributed by atoms with Crippen LogP contribution >= 0.6 is 0 Å². The number of sulfonamides is 1. The Balaban J connectivity index is 2.43. The van der Waals surface area contributed by atoms with Crippen molar-refractivity contribution in [3.8, 4) is 0 Å². The van der Waals surface area contributed by atoms with Crippen molar-refractivity contribution >= 4 is 15.9 Å². The molecule has 6 nitrogen and oxygen atoms in total. The first-order valence-corrected chi connectivity index (χ1v) is 8.28. The number of carbonyl (C=O) groups excluding carboxylic acids is 1. The Hall–Kier alpha value is -0.660. The second kappa shape index (κ2) is 7.21. The normalized spacial score (nSPS) is 20.2. The summed E-state index contributed by atoms with van der Waals surface area (Å²) in [4.78, 5) is 12.0. The highest BCUT2D eigenvalue weighted by molar-refractivity contribution is 7.89. The fourth-order valence-corrected chi connectivity index (χ4v) is 3.36. The van der Waals surface area contributed by atoms with E-state index in [0.29, 0.717) is 32.5 Å². The maximum Gasteiger partial charge on any atom is 0.223 e. The van der Waals surface area contributed by atoms with Gasteiger partial charge in [-0.15, -0.1) is 0 Å². The molecule has 0 aliphatic carbocycles. The van der Waals surface area contributed by atoms with Gasteiger partial charge in [0.25, 0.3) is 0 Å². The average Bonchev–Trinajstić information content (AvgIpc) is 2.39.